The number of phenols is 1. The minimum atomic E-state index is -3.37. The first-order valence-corrected chi connectivity index (χ1v) is 12.5. The monoisotopic (exact) mass is 455 g/mol. The number of anilines is 1. The number of para-hydroxylation sites is 1. The molecule has 4 rings (SSSR count). The van der Waals surface area contributed by atoms with Crippen LogP contribution < -0.4 is 4.72 Å². The van der Waals surface area contributed by atoms with Crippen LogP contribution in [0.15, 0.2) is 97.1 Å². The normalized spacial score (nSPS) is 11.5. The van der Waals surface area contributed by atoms with E-state index in [1.165, 1.54) is 0 Å². The number of phenolic OH excluding ortho intramolecular Hbond substituents is 1. The molecule has 0 atom stereocenters. The Bertz CT molecular complexity index is 1390. The van der Waals surface area contributed by atoms with Crippen LogP contribution >= 0.6 is 0 Å². The molecule has 0 saturated heterocycles. The van der Waals surface area contributed by atoms with Gasteiger partial charge in [0.25, 0.3) is 0 Å². The highest BCUT2D eigenvalue weighted by Crippen LogP contribution is 2.31. The molecule has 4 aromatic carbocycles. The van der Waals surface area contributed by atoms with Crippen molar-refractivity contribution in [3.63, 3.8) is 0 Å². The van der Waals surface area contributed by atoms with Gasteiger partial charge in [0.05, 0.1) is 11.9 Å². The topological polar surface area (TPSA) is 66.4 Å². The summed E-state index contributed by atoms with van der Waals surface area (Å²) in [6.45, 7) is 0. The molecule has 0 unspecified atom stereocenters. The largest absolute Gasteiger partial charge is 0.508 e. The molecular formula is C28H25NO3S. The molecular weight excluding hydrogens is 430 g/mol. The Morgan fingerprint density at radius 2 is 1.33 bits per heavy atom. The zero-order chi connectivity index (χ0) is 23.3. The fourth-order valence-electron chi connectivity index (χ4n) is 3.78. The van der Waals surface area contributed by atoms with Crippen molar-refractivity contribution in [3.8, 4) is 16.9 Å². The number of aromatic hydroxyl groups is 1. The minimum Gasteiger partial charge on any atom is -0.508 e. The summed E-state index contributed by atoms with van der Waals surface area (Å²) in [4.78, 5) is 0. The van der Waals surface area contributed by atoms with Gasteiger partial charge in [0.1, 0.15) is 5.75 Å². The molecule has 0 bridgehead atoms. The van der Waals surface area contributed by atoms with Crippen molar-refractivity contribution >= 4 is 27.9 Å². The average Bonchev–Trinajstić information content (AvgIpc) is 2.80. The van der Waals surface area contributed by atoms with Gasteiger partial charge in [-0.25, -0.2) is 8.42 Å². The van der Waals surface area contributed by atoms with Crippen LogP contribution in [-0.2, 0) is 16.4 Å². The van der Waals surface area contributed by atoms with Crippen LogP contribution in [0.1, 0.15) is 22.3 Å². The summed E-state index contributed by atoms with van der Waals surface area (Å²) in [6.07, 6.45) is 5.84. The van der Waals surface area contributed by atoms with Crippen molar-refractivity contribution in [2.45, 2.75) is 6.42 Å². The van der Waals surface area contributed by atoms with E-state index in [1.807, 2.05) is 60.7 Å². The van der Waals surface area contributed by atoms with Crippen LogP contribution in [0.25, 0.3) is 23.3 Å². The molecule has 0 spiro atoms. The van der Waals surface area contributed by atoms with Crippen molar-refractivity contribution in [3.05, 3.63) is 119 Å². The third kappa shape index (κ3) is 5.90. The maximum Gasteiger partial charge on any atom is 0.229 e. The van der Waals surface area contributed by atoms with E-state index in [0.29, 0.717) is 12.1 Å². The molecule has 0 aliphatic carbocycles. The zero-order valence-electron chi connectivity index (χ0n) is 18.3. The third-order valence-electron chi connectivity index (χ3n) is 5.31. The molecule has 4 nitrogen and oxygen atoms in total. The van der Waals surface area contributed by atoms with Crippen molar-refractivity contribution in [2.24, 2.45) is 0 Å². The van der Waals surface area contributed by atoms with Crippen molar-refractivity contribution in [1.82, 2.24) is 0 Å². The molecule has 0 radical (unpaired) electrons. The summed E-state index contributed by atoms with van der Waals surface area (Å²) in [5.41, 5.74) is 6.86. The van der Waals surface area contributed by atoms with Gasteiger partial charge in [0.2, 0.25) is 10.0 Å². The molecule has 0 aliphatic heterocycles. The Morgan fingerprint density at radius 3 is 2.06 bits per heavy atom. The van der Waals surface area contributed by atoms with E-state index in [0.717, 1.165) is 39.6 Å². The second-order valence-corrected chi connectivity index (χ2v) is 9.63. The Hall–Kier alpha value is -3.83. The van der Waals surface area contributed by atoms with E-state index in [-0.39, 0.29) is 5.75 Å². The van der Waals surface area contributed by atoms with Gasteiger partial charge in [-0.3, -0.25) is 4.72 Å². The smallest absolute Gasteiger partial charge is 0.229 e. The number of sulfonamides is 1. The lowest BCUT2D eigenvalue weighted by molar-refractivity contribution is 0.475. The number of hydrogen-bond acceptors (Lipinski definition) is 3. The van der Waals surface area contributed by atoms with Gasteiger partial charge in [-0.15, -0.1) is 0 Å². The maximum absolute atomic E-state index is 11.8. The lowest BCUT2D eigenvalue weighted by atomic mass is 9.91. The molecule has 0 saturated carbocycles. The first-order chi connectivity index (χ1) is 15.9. The molecule has 5 heteroatoms. The Kier molecular flexibility index (Phi) is 6.61. The van der Waals surface area contributed by atoms with Gasteiger partial charge >= 0.3 is 0 Å². The second kappa shape index (κ2) is 9.76. The van der Waals surface area contributed by atoms with E-state index in [1.54, 1.807) is 18.2 Å². The standard InChI is InChI=1S/C28H25NO3S/c1-33(31,32)29-28-13-7-4-10-24(28)20-23-9-3-6-12-27(23)26-11-5-2-8-22(26)17-14-21-15-18-25(30)19-16-21/h2-19,29-30H,20H2,1H3/b17-14+. The number of rotatable bonds is 7. The van der Waals surface area contributed by atoms with Gasteiger partial charge in [-0.2, -0.15) is 0 Å². The zero-order valence-corrected chi connectivity index (χ0v) is 19.1. The molecule has 33 heavy (non-hydrogen) atoms. The van der Waals surface area contributed by atoms with Crippen LogP contribution in [0, 0.1) is 0 Å². The van der Waals surface area contributed by atoms with Crippen LogP contribution in [0.5, 0.6) is 5.75 Å². The fraction of sp³-hybridized carbons (Fsp3) is 0.0714. The minimum absolute atomic E-state index is 0.243. The summed E-state index contributed by atoms with van der Waals surface area (Å²) < 4.78 is 26.3. The van der Waals surface area contributed by atoms with Crippen molar-refractivity contribution in [1.29, 1.82) is 0 Å². The highest BCUT2D eigenvalue weighted by molar-refractivity contribution is 7.92. The summed E-state index contributed by atoms with van der Waals surface area (Å²) in [6, 6.07) is 30.9. The van der Waals surface area contributed by atoms with E-state index < -0.39 is 10.0 Å². The summed E-state index contributed by atoms with van der Waals surface area (Å²) in [5, 5.41) is 9.51. The molecule has 0 aliphatic rings. The van der Waals surface area contributed by atoms with Crippen LogP contribution in [-0.4, -0.2) is 19.8 Å². The predicted molar refractivity (Wildman–Crippen MR) is 137 cm³/mol. The van der Waals surface area contributed by atoms with Gasteiger partial charge in [0.15, 0.2) is 0 Å². The second-order valence-electron chi connectivity index (χ2n) is 7.88. The van der Waals surface area contributed by atoms with Crippen molar-refractivity contribution < 1.29 is 13.5 Å². The maximum atomic E-state index is 11.8. The lowest BCUT2D eigenvalue weighted by Crippen LogP contribution is -2.11. The van der Waals surface area contributed by atoms with E-state index in [2.05, 4.69) is 35.1 Å². The number of hydrogen-bond donors (Lipinski definition) is 2. The highest BCUT2D eigenvalue weighted by atomic mass is 32.2. The molecule has 4 aromatic rings. The molecule has 166 valence electrons. The molecule has 2 N–H and O–H groups in total. The number of benzene rings is 4. The first kappa shape index (κ1) is 22.4. The van der Waals surface area contributed by atoms with Crippen LogP contribution in [0.3, 0.4) is 0 Å². The van der Waals surface area contributed by atoms with Gasteiger partial charge < -0.3 is 5.11 Å². The molecule has 0 aromatic heterocycles. The van der Waals surface area contributed by atoms with Crippen LogP contribution in [0.4, 0.5) is 5.69 Å². The van der Waals surface area contributed by atoms with E-state index >= 15 is 0 Å². The summed E-state index contributed by atoms with van der Waals surface area (Å²) in [7, 11) is -3.37. The fourth-order valence-corrected chi connectivity index (χ4v) is 4.37. The van der Waals surface area contributed by atoms with Gasteiger partial charge in [-0.05, 0) is 51.6 Å². The summed E-state index contributed by atoms with van der Waals surface area (Å²) in [5.74, 6) is 0.243. The quantitative estimate of drug-likeness (QED) is 0.327. The lowest BCUT2D eigenvalue weighted by Gasteiger charge is -2.15. The average molecular weight is 456 g/mol. The molecule has 0 heterocycles. The Balaban J connectivity index is 1.70. The Labute approximate surface area is 194 Å². The van der Waals surface area contributed by atoms with Crippen LogP contribution in [0.2, 0.25) is 0 Å². The van der Waals surface area contributed by atoms with Gasteiger partial charge in [0, 0.05) is 6.42 Å². The molecule has 0 fully saturated rings. The highest BCUT2D eigenvalue weighted by Gasteiger charge is 2.12. The summed E-state index contributed by atoms with van der Waals surface area (Å²) >= 11 is 0. The SMILES string of the molecule is CS(=O)(=O)Nc1ccccc1Cc1ccccc1-c1ccccc1/C=C/c1ccc(O)cc1. The number of nitrogens with one attached hydrogen (secondary N) is 1. The Morgan fingerprint density at radius 1 is 0.727 bits per heavy atom. The third-order valence-corrected chi connectivity index (χ3v) is 5.90. The van der Waals surface area contributed by atoms with Crippen molar-refractivity contribution in [2.75, 3.05) is 11.0 Å². The van der Waals surface area contributed by atoms with Gasteiger partial charge in [-0.1, -0.05) is 91.0 Å². The van der Waals surface area contributed by atoms with E-state index in [9.17, 15) is 13.5 Å². The first-order valence-electron chi connectivity index (χ1n) is 10.6. The van der Waals surface area contributed by atoms with E-state index in [4.69, 9.17) is 0 Å². The molecule has 0 amide bonds. The predicted octanol–water partition coefficient (Wildman–Crippen LogP) is 6.19.